The number of carbonyl (C=O) groups is 3. The zero-order valence-corrected chi connectivity index (χ0v) is 21.7. The number of ether oxygens (including phenoxy) is 3. The van der Waals surface area contributed by atoms with Crippen molar-refractivity contribution in [3.8, 4) is 17.6 Å². The summed E-state index contributed by atoms with van der Waals surface area (Å²) in [5.74, 6) is 2.02. The van der Waals surface area contributed by atoms with E-state index < -0.39 is 6.09 Å². The molecule has 4 aliphatic rings. The van der Waals surface area contributed by atoms with Gasteiger partial charge in [0.25, 0.3) is 12.4 Å². The van der Waals surface area contributed by atoms with Gasteiger partial charge in [0.05, 0.1) is 12.1 Å². The van der Waals surface area contributed by atoms with E-state index in [1.165, 1.54) is 10.5 Å². The summed E-state index contributed by atoms with van der Waals surface area (Å²) in [7, 11) is 0. The van der Waals surface area contributed by atoms with Crippen LogP contribution in [0, 0.1) is 17.2 Å². The molecule has 2 atom stereocenters. The number of carboxylic acid groups (broad SMARTS) is 1. The maximum Gasteiger partial charge on any atom is 0.415 e. The predicted molar refractivity (Wildman–Crippen MR) is 141 cm³/mol. The van der Waals surface area contributed by atoms with Crippen molar-refractivity contribution in [1.82, 2.24) is 15.6 Å². The Bertz CT molecular complexity index is 1330. The molecule has 0 radical (unpaired) electrons. The van der Waals surface area contributed by atoms with E-state index in [1.807, 2.05) is 6.07 Å². The molecule has 3 aliphatic heterocycles. The number of benzene rings is 1. The molecule has 2 fully saturated rings. The van der Waals surface area contributed by atoms with Crippen molar-refractivity contribution >= 4 is 30.1 Å². The Morgan fingerprint density at radius 2 is 2.08 bits per heavy atom. The summed E-state index contributed by atoms with van der Waals surface area (Å²) in [6.45, 7) is 3.25. The number of nitrogens with zero attached hydrogens (tertiary/aromatic N) is 3. The number of anilines is 2. The summed E-state index contributed by atoms with van der Waals surface area (Å²) in [6.07, 6.45) is 1.88. The molecular weight excluding hydrogens is 520 g/mol. The average Bonchev–Trinajstić information content (AvgIpc) is 3.51. The van der Waals surface area contributed by atoms with E-state index in [4.69, 9.17) is 24.1 Å². The molecule has 210 valence electrons. The smallest absolute Gasteiger partial charge is 0.415 e. The zero-order chi connectivity index (χ0) is 28.1. The molecule has 40 heavy (non-hydrogen) atoms. The van der Waals surface area contributed by atoms with E-state index in [0.717, 1.165) is 38.0 Å². The molecule has 2 unspecified atom stereocenters. The van der Waals surface area contributed by atoms with Gasteiger partial charge in [-0.3, -0.25) is 14.5 Å². The predicted octanol–water partition coefficient (Wildman–Crippen LogP) is 1.06. The summed E-state index contributed by atoms with van der Waals surface area (Å²) < 4.78 is 16.9. The molecule has 0 bridgehead atoms. The Hall–Kier alpha value is -4.41. The number of nitriles is 1. The fourth-order valence-corrected chi connectivity index (χ4v) is 5.19. The first-order chi connectivity index (χ1) is 19.5. The first-order valence-corrected chi connectivity index (χ1v) is 13.1. The van der Waals surface area contributed by atoms with Crippen LogP contribution in [-0.4, -0.2) is 80.1 Å². The van der Waals surface area contributed by atoms with Crippen LogP contribution in [0.1, 0.15) is 23.1 Å². The van der Waals surface area contributed by atoms with Gasteiger partial charge in [-0.05, 0) is 67.6 Å². The molecule has 0 spiro atoms. The second-order valence-electron chi connectivity index (χ2n) is 9.93. The Morgan fingerprint density at radius 1 is 1.25 bits per heavy atom. The van der Waals surface area contributed by atoms with Gasteiger partial charge < -0.3 is 35.3 Å². The fourth-order valence-electron chi connectivity index (χ4n) is 5.19. The maximum absolute atomic E-state index is 12.4. The third-order valence-electron chi connectivity index (χ3n) is 7.21. The quantitative estimate of drug-likeness (QED) is 0.273. The molecule has 2 amide bonds. The van der Waals surface area contributed by atoms with Crippen molar-refractivity contribution < 1.29 is 33.7 Å². The lowest BCUT2D eigenvalue weighted by Gasteiger charge is -2.28. The average molecular weight is 551 g/mol. The first kappa shape index (κ1) is 27.2. The first-order valence-electron chi connectivity index (χ1n) is 13.1. The van der Waals surface area contributed by atoms with E-state index in [9.17, 15) is 14.9 Å². The van der Waals surface area contributed by atoms with Crippen LogP contribution in [0.3, 0.4) is 0 Å². The Labute approximate surface area is 230 Å². The monoisotopic (exact) mass is 550 g/mol. The Morgan fingerprint density at radius 3 is 2.83 bits per heavy atom. The summed E-state index contributed by atoms with van der Waals surface area (Å²) in [4.78, 5) is 38.2. The van der Waals surface area contributed by atoms with Crippen LogP contribution in [-0.2, 0) is 27.2 Å². The number of rotatable bonds is 8. The van der Waals surface area contributed by atoms with Crippen molar-refractivity contribution in [2.75, 3.05) is 49.5 Å². The minimum Gasteiger partial charge on any atom is -0.486 e. The van der Waals surface area contributed by atoms with Crippen LogP contribution < -0.4 is 30.3 Å². The number of nitrogens with one attached hydrogen (secondary N) is 3. The molecule has 1 aromatic carbocycles. The van der Waals surface area contributed by atoms with E-state index in [1.54, 1.807) is 12.1 Å². The standard InChI is InChI=1S/C26H28N6O5.CH2O2/c27-9-20-19-8-15(7-16(19)1-2-21(20)36-18-11-29-12-18)10-28-6-5-17-13-32(26(34)37-17)23-4-3-22-25(30-23)31-24(33)14-35-22;2-1-3/h1-4,15,17-18,28-29H,5-8,10-14H2,(H,30,31,33);1H,(H,2,3). The molecule has 1 aromatic heterocycles. The van der Waals surface area contributed by atoms with Gasteiger partial charge in [-0.1, -0.05) is 6.07 Å². The highest BCUT2D eigenvalue weighted by atomic mass is 16.6. The summed E-state index contributed by atoms with van der Waals surface area (Å²) in [5.41, 5.74) is 3.01. The van der Waals surface area contributed by atoms with Crippen molar-refractivity contribution in [3.05, 3.63) is 41.0 Å². The summed E-state index contributed by atoms with van der Waals surface area (Å²) >= 11 is 0. The fraction of sp³-hybridized carbons (Fsp3) is 0.444. The van der Waals surface area contributed by atoms with Gasteiger partial charge in [0.1, 0.15) is 29.8 Å². The van der Waals surface area contributed by atoms with Crippen molar-refractivity contribution in [2.45, 2.75) is 31.5 Å². The number of aromatic nitrogens is 1. The largest absolute Gasteiger partial charge is 0.486 e. The topological polar surface area (TPSA) is 175 Å². The minimum absolute atomic E-state index is 0.0465. The van der Waals surface area contributed by atoms with E-state index >= 15 is 0 Å². The summed E-state index contributed by atoms with van der Waals surface area (Å²) in [6, 6.07) is 9.77. The van der Waals surface area contributed by atoms with Gasteiger partial charge in [-0.2, -0.15) is 5.26 Å². The van der Waals surface area contributed by atoms with Crippen molar-refractivity contribution in [1.29, 1.82) is 5.26 Å². The highest BCUT2D eigenvalue weighted by Gasteiger charge is 2.34. The molecule has 13 heteroatoms. The third kappa shape index (κ3) is 5.93. The lowest BCUT2D eigenvalue weighted by molar-refractivity contribution is -0.123. The molecular formula is C27H30N6O7. The van der Waals surface area contributed by atoms with Crippen LogP contribution in [0.25, 0.3) is 0 Å². The molecule has 13 nitrogen and oxygen atoms in total. The molecule has 0 saturated carbocycles. The summed E-state index contributed by atoms with van der Waals surface area (Å²) in [5, 5.41) is 26.0. The normalized spacial score (nSPS) is 20.9. The van der Waals surface area contributed by atoms with E-state index in [0.29, 0.717) is 54.1 Å². The highest BCUT2D eigenvalue weighted by Crippen LogP contribution is 2.35. The minimum atomic E-state index is -0.452. The van der Waals surface area contributed by atoms with Gasteiger partial charge >= 0.3 is 6.09 Å². The number of hydrogen-bond donors (Lipinski definition) is 4. The lowest BCUT2D eigenvalue weighted by Crippen LogP contribution is -2.50. The maximum atomic E-state index is 12.4. The number of amides is 2. The van der Waals surface area contributed by atoms with Gasteiger partial charge in [0.15, 0.2) is 18.2 Å². The highest BCUT2D eigenvalue weighted by molar-refractivity contribution is 5.95. The number of pyridine rings is 1. The van der Waals surface area contributed by atoms with Crippen LogP contribution in [0.2, 0.25) is 0 Å². The van der Waals surface area contributed by atoms with Crippen LogP contribution in [0.15, 0.2) is 24.3 Å². The van der Waals surface area contributed by atoms with E-state index in [-0.39, 0.29) is 31.2 Å². The van der Waals surface area contributed by atoms with E-state index in [2.05, 4.69) is 33.1 Å². The zero-order valence-electron chi connectivity index (χ0n) is 21.7. The van der Waals surface area contributed by atoms with Crippen LogP contribution >= 0.6 is 0 Å². The second-order valence-corrected chi connectivity index (χ2v) is 9.93. The van der Waals surface area contributed by atoms with Gasteiger partial charge in [0, 0.05) is 13.1 Å². The molecule has 4 heterocycles. The molecule has 1 aliphatic carbocycles. The molecule has 4 N–H and O–H groups in total. The van der Waals surface area contributed by atoms with Crippen molar-refractivity contribution in [2.24, 2.45) is 5.92 Å². The van der Waals surface area contributed by atoms with Gasteiger partial charge in [0.2, 0.25) is 0 Å². The second kappa shape index (κ2) is 12.2. The third-order valence-corrected chi connectivity index (χ3v) is 7.21. The molecule has 2 saturated heterocycles. The van der Waals surface area contributed by atoms with Crippen LogP contribution in [0.5, 0.6) is 11.5 Å². The van der Waals surface area contributed by atoms with Crippen LogP contribution in [0.4, 0.5) is 16.4 Å². The molecule has 2 aromatic rings. The SMILES string of the molecule is N#Cc1c(OC2CNC2)ccc2c1CC(CNCCC1CN(c3ccc4c(n3)NC(=O)CO4)C(=O)O1)C2.O=CO. The van der Waals surface area contributed by atoms with Gasteiger partial charge in [-0.25, -0.2) is 9.78 Å². The lowest BCUT2D eigenvalue weighted by atomic mass is 10.0. The molecule has 6 rings (SSSR count). The number of carbonyl (C=O) groups excluding carboxylic acids is 2. The number of cyclic esters (lactones) is 1. The number of hydrogen-bond acceptors (Lipinski definition) is 10. The number of fused-ring (bicyclic) bond motifs is 2. The Balaban J connectivity index is 0.00000103. The van der Waals surface area contributed by atoms with Gasteiger partial charge in [-0.15, -0.1) is 0 Å². The Kier molecular flexibility index (Phi) is 8.28. The van der Waals surface area contributed by atoms with Crippen molar-refractivity contribution in [3.63, 3.8) is 0 Å².